The number of nitrogens with one attached hydrogen (secondary N) is 2. The highest BCUT2D eigenvalue weighted by Gasteiger charge is 2.13. The van der Waals surface area contributed by atoms with E-state index in [0.717, 1.165) is 5.75 Å². The highest BCUT2D eigenvalue weighted by molar-refractivity contribution is 6.07. The van der Waals surface area contributed by atoms with Crippen molar-refractivity contribution in [3.05, 3.63) is 120 Å². The van der Waals surface area contributed by atoms with Crippen LogP contribution in [0.4, 0.5) is 11.4 Å². The Balaban J connectivity index is 1.36. The molecule has 0 saturated heterocycles. The summed E-state index contributed by atoms with van der Waals surface area (Å²) in [5.41, 5.74) is 2.09. The Morgan fingerprint density at radius 1 is 0.588 bits per heavy atom. The fraction of sp³-hybridized carbons (Fsp3) is 0.0714. The monoisotopic (exact) mass is 452 g/mol. The predicted octanol–water partition coefficient (Wildman–Crippen LogP) is 5.65. The lowest BCUT2D eigenvalue weighted by Crippen LogP contribution is -2.16. The minimum atomic E-state index is -0.314. The number of hydrogen-bond acceptors (Lipinski definition) is 4. The van der Waals surface area contributed by atoms with Crippen molar-refractivity contribution in [1.82, 2.24) is 0 Å². The van der Waals surface area contributed by atoms with Gasteiger partial charge >= 0.3 is 0 Å². The summed E-state index contributed by atoms with van der Waals surface area (Å²) in [6, 6.07) is 32.4. The average Bonchev–Trinajstić information content (AvgIpc) is 2.88. The Labute approximate surface area is 198 Å². The van der Waals surface area contributed by atoms with Crippen molar-refractivity contribution in [2.75, 3.05) is 23.8 Å². The molecule has 0 radical (unpaired) electrons. The van der Waals surface area contributed by atoms with E-state index in [-0.39, 0.29) is 11.8 Å². The van der Waals surface area contributed by atoms with Gasteiger partial charge in [-0.05, 0) is 54.6 Å². The van der Waals surface area contributed by atoms with Crippen molar-refractivity contribution >= 4 is 23.2 Å². The van der Waals surface area contributed by atoms with E-state index in [9.17, 15) is 9.59 Å². The summed E-state index contributed by atoms with van der Waals surface area (Å²) in [6.45, 7) is 0.642. The van der Waals surface area contributed by atoms with E-state index in [0.29, 0.717) is 41.5 Å². The van der Waals surface area contributed by atoms with Crippen molar-refractivity contribution in [2.24, 2.45) is 0 Å². The molecule has 0 atom stereocenters. The van der Waals surface area contributed by atoms with Crippen LogP contribution in [0.25, 0.3) is 0 Å². The third kappa shape index (κ3) is 6.23. The number of hydrogen-bond donors (Lipinski definition) is 2. The van der Waals surface area contributed by atoms with Gasteiger partial charge in [0.05, 0.1) is 5.56 Å². The van der Waals surface area contributed by atoms with Gasteiger partial charge in [-0.2, -0.15) is 0 Å². The zero-order valence-electron chi connectivity index (χ0n) is 18.4. The summed E-state index contributed by atoms with van der Waals surface area (Å²) in [7, 11) is 0. The fourth-order valence-corrected chi connectivity index (χ4v) is 3.27. The third-order valence-electron chi connectivity index (χ3n) is 4.90. The molecule has 4 aromatic carbocycles. The molecule has 0 saturated carbocycles. The first-order valence-electron chi connectivity index (χ1n) is 10.9. The van der Waals surface area contributed by atoms with E-state index in [1.54, 1.807) is 66.7 Å². The lowest BCUT2D eigenvalue weighted by molar-refractivity contribution is 0.101. The second kappa shape index (κ2) is 11.3. The molecule has 6 nitrogen and oxygen atoms in total. The van der Waals surface area contributed by atoms with Gasteiger partial charge in [0.2, 0.25) is 0 Å². The maximum Gasteiger partial charge on any atom is 0.259 e. The van der Waals surface area contributed by atoms with Crippen LogP contribution in [0.15, 0.2) is 109 Å². The second-order valence-corrected chi connectivity index (χ2v) is 7.36. The summed E-state index contributed by atoms with van der Waals surface area (Å²) in [4.78, 5) is 25.3. The fourth-order valence-electron chi connectivity index (χ4n) is 3.27. The zero-order chi connectivity index (χ0) is 23.6. The van der Waals surface area contributed by atoms with Gasteiger partial charge < -0.3 is 20.1 Å². The Kier molecular flexibility index (Phi) is 7.54. The Morgan fingerprint density at radius 3 is 1.91 bits per heavy atom. The number of carbonyl (C=O) groups excluding carboxylic acids is 2. The molecule has 2 N–H and O–H groups in total. The number of carbonyl (C=O) groups is 2. The Morgan fingerprint density at radius 2 is 1.18 bits per heavy atom. The molecule has 4 rings (SSSR count). The summed E-state index contributed by atoms with van der Waals surface area (Å²) in [5, 5.41) is 5.71. The molecule has 34 heavy (non-hydrogen) atoms. The van der Waals surface area contributed by atoms with Gasteiger partial charge in [-0.25, -0.2) is 0 Å². The number of anilines is 2. The van der Waals surface area contributed by atoms with Crippen molar-refractivity contribution < 1.29 is 19.1 Å². The highest BCUT2D eigenvalue weighted by atomic mass is 16.5. The molecule has 0 heterocycles. The lowest BCUT2D eigenvalue weighted by Gasteiger charge is -2.13. The molecule has 0 unspecified atom stereocenters. The van der Waals surface area contributed by atoms with Crippen LogP contribution in [0.5, 0.6) is 11.5 Å². The first-order valence-corrected chi connectivity index (χ1v) is 10.9. The molecule has 0 aliphatic heterocycles. The summed E-state index contributed by atoms with van der Waals surface area (Å²) < 4.78 is 11.4. The second-order valence-electron chi connectivity index (χ2n) is 7.36. The van der Waals surface area contributed by atoms with Crippen LogP contribution in [0, 0.1) is 0 Å². The van der Waals surface area contributed by atoms with Crippen LogP contribution in [0.3, 0.4) is 0 Å². The van der Waals surface area contributed by atoms with Gasteiger partial charge in [0, 0.05) is 16.9 Å². The van der Waals surface area contributed by atoms with Crippen molar-refractivity contribution in [3.63, 3.8) is 0 Å². The van der Waals surface area contributed by atoms with Gasteiger partial charge in [-0.1, -0.05) is 54.6 Å². The van der Waals surface area contributed by atoms with Gasteiger partial charge in [-0.15, -0.1) is 0 Å². The smallest absolute Gasteiger partial charge is 0.259 e. The molecule has 0 aliphatic carbocycles. The minimum absolute atomic E-state index is 0.222. The van der Waals surface area contributed by atoms with Crippen LogP contribution in [-0.2, 0) is 0 Å². The molecule has 0 aromatic heterocycles. The molecule has 0 bridgehead atoms. The maximum atomic E-state index is 12.9. The molecule has 170 valence electrons. The van der Waals surface area contributed by atoms with Crippen molar-refractivity contribution in [3.8, 4) is 11.5 Å². The van der Waals surface area contributed by atoms with Crippen LogP contribution in [0.1, 0.15) is 20.7 Å². The number of benzene rings is 4. The van der Waals surface area contributed by atoms with Crippen LogP contribution in [0.2, 0.25) is 0 Å². The first kappa shape index (κ1) is 22.6. The van der Waals surface area contributed by atoms with Crippen molar-refractivity contribution in [1.29, 1.82) is 0 Å². The van der Waals surface area contributed by atoms with Gasteiger partial charge in [0.15, 0.2) is 0 Å². The van der Waals surface area contributed by atoms with Crippen molar-refractivity contribution in [2.45, 2.75) is 0 Å². The lowest BCUT2D eigenvalue weighted by atomic mass is 10.1. The van der Waals surface area contributed by atoms with Gasteiger partial charge in [0.1, 0.15) is 24.7 Å². The van der Waals surface area contributed by atoms with E-state index < -0.39 is 0 Å². The summed E-state index contributed by atoms with van der Waals surface area (Å²) in [5.74, 6) is 0.688. The van der Waals surface area contributed by atoms with Crippen LogP contribution in [-0.4, -0.2) is 25.0 Å². The highest BCUT2D eigenvalue weighted by Crippen LogP contribution is 2.22. The van der Waals surface area contributed by atoms with E-state index in [4.69, 9.17) is 9.47 Å². The number of amides is 2. The molecular weight excluding hydrogens is 428 g/mol. The van der Waals surface area contributed by atoms with Gasteiger partial charge in [0.25, 0.3) is 11.8 Å². The normalized spacial score (nSPS) is 10.2. The van der Waals surface area contributed by atoms with Crippen LogP contribution >= 0.6 is 0 Å². The van der Waals surface area contributed by atoms with Gasteiger partial charge in [-0.3, -0.25) is 9.59 Å². The molecule has 6 heteroatoms. The third-order valence-corrected chi connectivity index (χ3v) is 4.90. The quantitative estimate of drug-likeness (QED) is 0.322. The molecular formula is C28H24N2O4. The minimum Gasteiger partial charge on any atom is -0.490 e. The van der Waals surface area contributed by atoms with E-state index in [2.05, 4.69) is 10.6 Å². The number of para-hydroxylation sites is 2. The molecule has 0 spiro atoms. The molecule has 0 aliphatic rings. The molecule has 0 fully saturated rings. The summed E-state index contributed by atoms with van der Waals surface area (Å²) in [6.07, 6.45) is 0. The SMILES string of the molecule is O=C(Nc1cccc(NC(=O)c2ccccc2OCCOc2ccccc2)c1)c1ccccc1. The Bertz CT molecular complexity index is 1240. The number of rotatable bonds is 9. The Hall–Kier alpha value is -4.58. The standard InChI is InChI=1S/C28H24N2O4/c31-27(21-10-3-1-4-11-21)29-22-12-9-13-23(20-22)30-28(32)25-16-7-8-17-26(25)34-19-18-33-24-14-5-2-6-15-24/h1-17,20H,18-19H2,(H,29,31)(H,30,32). The molecule has 2 amide bonds. The average molecular weight is 453 g/mol. The first-order chi connectivity index (χ1) is 16.7. The summed E-state index contributed by atoms with van der Waals surface area (Å²) >= 11 is 0. The van der Waals surface area contributed by atoms with E-state index >= 15 is 0 Å². The molecule has 4 aromatic rings. The predicted molar refractivity (Wildman–Crippen MR) is 133 cm³/mol. The maximum absolute atomic E-state index is 12.9. The van der Waals surface area contributed by atoms with E-state index in [1.165, 1.54) is 0 Å². The van der Waals surface area contributed by atoms with Crippen LogP contribution < -0.4 is 20.1 Å². The largest absolute Gasteiger partial charge is 0.490 e. The zero-order valence-corrected chi connectivity index (χ0v) is 18.4. The topological polar surface area (TPSA) is 76.7 Å². The number of ether oxygens (including phenoxy) is 2. The van der Waals surface area contributed by atoms with E-state index in [1.807, 2.05) is 42.5 Å².